The fraction of sp³-hybridized carbons (Fsp3) is 0.308. The van der Waals surface area contributed by atoms with E-state index < -0.39 is 0 Å². The van der Waals surface area contributed by atoms with Crippen LogP contribution >= 0.6 is 22.9 Å². The first-order valence-corrected chi connectivity index (χ1v) is 12.6. The number of ether oxygens (including phenoxy) is 2. The molecule has 0 spiro atoms. The number of benzene rings is 2. The second kappa shape index (κ2) is 9.89. The number of halogens is 1. The van der Waals surface area contributed by atoms with Gasteiger partial charge in [0.1, 0.15) is 4.83 Å². The van der Waals surface area contributed by atoms with E-state index in [0.717, 1.165) is 53.0 Å². The van der Waals surface area contributed by atoms with Crippen LogP contribution in [0.2, 0.25) is 5.02 Å². The summed E-state index contributed by atoms with van der Waals surface area (Å²) >= 11 is 7.74. The van der Waals surface area contributed by atoms with E-state index in [4.69, 9.17) is 26.1 Å². The van der Waals surface area contributed by atoms with E-state index in [1.807, 2.05) is 30.3 Å². The van der Waals surface area contributed by atoms with Crippen molar-refractivity contribution in [2.45, 2.75) is 19.4 Å². The van der Waals surface area contributed by atoms with Gasteiger partial charge in [-0.15, -0.1) is 11.3 Å². The lowest BCUT2D eigenvalue weighted by Gasteiger charge is -2.21. The number of aromatic nitrogens is 2. The van der Waals surface area contributed by atoms with Gasteiger partial charge in [0.05, 0.1) is 25.3 Å². The van der Waals surface area contributed by atoms with Gasteiger partial charge < -0.3 is 19.7 Å². The zero-order chi connectivity index (χ0) is 24.5. The molecule has 0 saturated carbocycles. The van der Waals surface area contributed by atoms with Crippen molar-refractivity contribution < 1.29 is 9.47 Å². The van der Waals surface area contributed by atoms with Crippen LogP contribution in [0.4, 0.5) is 5.95 Å². The molecule has 7 nitrogen and oxygen atoms in total. The van der Waals surface area contributed by atoms with Crippen molar-refractivity contribution in [1.82, 2.24) is 14.5 Å². The molecule has 2 aromatic carbocycles. The molecule has 0 radical (unpaired) electrons. The molecular formula is C26H27ClN4O3S. The second-order valence-electron chi connectivity index (χ2n) is 8.59. The van der Waals surface area contributed by atoms with E-state index in [-0.39, 0.29) is 5.56 Å². The molecule has 0 atom stereocenters. The average molecular weight is 511 g/mol. The van der Waals surface area contributed by atoms with Gasteiger partial charge in [-0.05, 0) is 67.4 Å². The van der Waals surface area contributed by atoms with Crippen molar-refractivity contribution in [2.75, 3.05) is 39.7 Å². The van der Waals surface area contributed by atoms with Gasteiger partial charge in [-0.3, -0.25) is 4.79 Å². The lowest BCUT2D eigenvalue weighted by molar-refractivity contribution is 0.318. The Hall–Kier alpha value is -3.07. The molecule has 4 aromatic rings. The molecule has 2 aromatic heterocycles. The summed E-state index contributed by atoms with van der Waals surface area (Å²) < 4.78 is 12.4. The molecule has 5 rings (SSSR count). The molecule has 182 valence electrons. The zero-order valence-electron chi connectivity index (χ0n) is 19.9. The van der Waals surface area contributed by atoms with Gasteiger partial charge in [-0.1, -0.05) is 17.7 Å². The van der Waals surface area contributed by atoms with Gasteiger partial charge in [0, 0.05) is 29.5 Å². The first-order chi connectivity index (χ1) is 17.0. The summed E-state index contributed by atoms with van der Waals surface area (Å²) in [6, 6.07) is 13.2. The summed E-state index contributed by atoms with van der Waals surface area (Å²) in [5.74, 6) is 1.91. The van der Waals surface area contributed by atoms with E-state index >= 15 is 0 Å². The van der Waals surface area contributed by atoms with Crippen molar-refractivity contribution in [1.29, 1.82) is 0 Å². The third-order valence-electron chi connectivity index (χ3n) is 6.29. The predicted octanol–water partition coefficient (Wildman–Crippen LogP) is 4.76. The molecule has 0 amide bonds. The van der Waals surface area contributed by atoms with Crippen LogP contribution in [-0.4, -0.2) is 48.8 Å². The Morgan fingerprint density at radius 2 is 1.89 bits per heavy atom. The molecule has 0 fully saturated rings. The van der Waals surface area contributed by atoms with Crippen LogP contribution in [0.25, 0.3) is 15.9 Å². The molecule has 9 heteroatoms. The monoisotopic (exact) mass is 510 g/mol. The number of thiophene rings is 1. The number of methoxy groups -OCH3 is 2. The number of rotatable bonds is 7. The third kappa shape index (κ3) is 4.61. The van der Waals surface area contributed by atoms with E-state index in [1.165, 1.54) is 4.88 Å². The molecule has 1 N–H and O–H groups in total. The number of hydrogen-bond acceptors (Lipinski definition) is 7. The fourth-order valence-electron chi connectivity index (χ4n) is 4.47. The number of nitrogens with one attached hydrogen (secondary N) is 1. The molecular weight excluding hydrogens is 484 g/mol. The van der Waals surface area contributed by atoms with Gasteiger partial charge in [-0.2, -0.15) is 0 Å². The fourth-order valence-corrected chi connectivity index (χ4v) is 5.89. The number of likely N-dealkylation sites (N-methyl/N-ethyl adjacent to an activating group) is 1. The van der Waals surface area contributed by atoms with Crippen LogP contribution in [-0.2, 0) is 19.4 Å². The minimum absolute atomic E-state index is 0.0482. The predicted molar refractivity (Wildman–Crippen MR) is 142 cm³/mol. The number of fused-ring (bicyclic) bond motifs is 3. The summed E-state index contributed by atoms with van der Waals surface area (Å²) in [6.45, 7) is 2.37. The lowest BCUT2D eigenvalue weighted by atomic mass is 10.1. The van der Waals surface area contributed by atoms with Crippen LogP contribution < -0.4 is 20.3 Å². The van der Waals surface area contributed by atoms with E-state index in [1.54, 1.807) is 42.3 Å². The Labute approximate surface area is 212 Å². The van der Waals surface area contributed by atoms with E-state index in [9.17, 15) is 4.79 Å². The molecule has 0 unspecified atom stereocenters. The van der Waals surface area contributed by atoms with E-state index in [0.29, 0.717) is 29.0 Å². The van der Waals surface area contributed by atoms with Crippen LogP contribution in [0, 0.1) is 0 Å². The van der Waals surface area contributed by atoms with Crippen molar-refractivity contribution in [3.05, 3.63) is 73.8 Å². The average Bonchev–Trinajstić information content (AvgIpc) is 3.22. The third-order valence-corrected chi connectivity index (χ3v) is 7.66. The van der Waals surface area contributed by atoms with Gasteiger partial charge >= 0.3 is 0 Å². The summed E-state index contributed by atoms with van der Waals surface area (Å²) in [6.07, 6.45) is 1.58. The molecule has 35 heavy (non-hydrogen) atoms. The standard InChI is InChI=1S/C26H27ClN4O3S/c1-30-13-11-19-22(15-30)35-24-23(19)25(32)31(18-7-5-17(27)6-8-18)26(29-24)28-12-10-16-4-9-20(33-2)21(14-16)34-3/h4-9,14H,10-13,15H2,1-3H3,(H,28,29). The summed E-state index contributed by atoms with van der Waals surface area (Å²) in [4.78, 5) is 23.1. The smallest absolute Gasteiger partial charge is 0.268 e. The Bertz CT molecular complexity index is 1430. The van der Waals surface area contributed by atoms with Gasteiger partial charge in [0.2, 0.25) is 5.95 Å². The first-order valence-electron chi connectivity index (χ1n) is 11.4. The SMILES string of the molecule is COc1ccc(CCNc2nc3sc4c(c3c(=O)n2-c2ccc(Cl)cc2)CCN(C)C4)cc1OC. The van der Waals surface area contributed by atoms with Crippen LogP contribution in [0.15, 0.2) is 47.3 Å². The Morgan fingerprint density at radius 3 is 2.63 bits per heavy atom. The number of anilines is 1. The summed E-state index contributed by atoms with van der Waals surface area (Å²) in [7, 11) is 5.35. The second-order valence-corrected chi connectivity index (χ2v) is 10.1. The van der Waals surface area contributed by atoms with Gasteiger partial charge in [0.15, 0.2) is 11.5 Å². The Balaban J connectivity index is 1.52. The highest BCUT2D eigenvalue weighted by Crippen LogP contribution is 2.33. The molecule has 3 heterocycles. The van der Waals surface area contributed by atoms with E-state index in [2.05, 4.69) is 17.3 Å². The van der Waals surface area contributed by atoms with Crippen molar-refractivity contribution in [2.24, 2.45) is 0 Å². The highest BCUT2D eigenvalue weighted by Gasteiger charge is 2.24. The molecule has 1 aliphatic rings. The molecule has 1 aliphatic heterocycles. The van der Waals surface area contributed by atoms with Crippen LogP contribution in [0.3, 0.4) is 0 Å². The maximum Gasteiger partial charge on any atom is 0.268 e. The van der Waals surface area contributed by atoms with Gasteiger partial charge in [0.25, 0.3) is 5.56 Å². The lowest BCUT2D eigenvalue weighted by Crippen LogP contribution is -2.27. The minimum atomic E-state index is -0.0482. The zero-order valence-corrected chi connectivity index (χ0v) is 21.5. The Kier molecular flexibility index (Phi) is 6.69. The number of hydrogen-bond donors (Lipinski definition) is 1. The number of nitrogens with zero attached hydrogens (tertiary/aromatic N) is 3. The van der Waals surface area contributed by atoms with Crippen molar-refractivity contribution in [3.8, 4) is 17.2 Å². The maximum atomic E-state index is 13.8. The quantitative estimate of drug-likeness (QED) is 0.386. The molecule has 0 saturated heterocycles. The topological polar surface area (TPSA) is 68.6 Å². The summed E-state index contributed by atoms with van der Waals surface area (Å²) in [5, 5.41) is 4.76. The van der Waals surface area contributed by atoms with Gasteiger partial charge in [-0.25, -0.2) is 9.55 Å². The minimum Gasteiger partial charge on any atom is -0.493 e. The Morgan fingerprint density at radius 1 is 1.11 bits per heavy atom. The largest absolute Gasteiger partial charge is 0.493 e. The molecule has 0 bridgehead atoms. The summed E-state index contributed by atoms with van der Waals surface area (Å²) in [5.41, 5.74) is 2.91. The first kappa shape index (κ1) is 23.7. The highest BCUT2D eigenvalue weighted by molar-refractivity contribution is 7.18. The van der Waals surface area contributed by atoms with Crippen molar-refractivity contribution >= 4 is 39.1 Å². The highest BCUT2D eigenvalue weighted by atomic mass is 35.5. The van der Waals surface area contributed by atoms with Crippen LogP contribution in [0.5, 0.6) is 11.5 Å². The molecule has 0 aliphatic carbocycles. The van der Waals surface area contributed by atoms with Crippen molar-refractivity contribution in [3.63, 3.8) is 0 Å². The maximum absolute atomic E-state index is 13.8. The van der Waals surface area contributed by atoms with Crippen LogP contribution in [0.1, 0.15) is 16.0 Å². The normalized spacial score (nSPS) is 13.6.